The fourth-order valence-corrected chi connectivity index (χ4v) is 4.78. The number of hydrogen-bond acceptors (Lipinski definition) is 4. The van der Waals surface area contributed by atoms with Crippen molar-refractivity contribution in [3.63, 3.8) is 0 Å². The van der Waals surface area contributed by atoms with Crippen LogP contribution in [0.1, 0.15) is 35.4 Å². The number of nitrogens with zero attached hydrogens (tertiary/aromatic N) is 3. The molecular formula is C20H26N4O2S. The molecular weight excluding hydrogens is 360 g/mol. The predicted octanol–water partition coefficient (Wildman–Crippen LogP) is 2.99. The maximum atomic E-state index is 13.2. The van der Waals surface area contributed by atoms with Crippen LogP contribution in [-0.2, 0) is 16.6 Å². The van der Waals surface area contributed by atoms with E-state index in [0.717, 1.165) is 28.2 Å². The fourth-order valence-electron chi connectivity index (χ4n) is 3.61. The lowest BCUT2D eigenvalue weighted by molar-refractivity contribution is -0.137. The van der Waals surface area contributed by atoms with E-state index in [1.54, 1.807) is 21.3 Å². The van der Waals surface area contributed by atoms with E-state index in [2.05, 4.69) is 10.4 Å². The van der Waals surface area contributed by atoms with Crippen LogP contribution in [0.5, 0.6) is 0 Å². The summed E-state index contributed by atoms with van der Waals surface area (Å²) in [5.41, 5.74) is 4.65. The van der Waals surface area contributed by atoms with Gasteiger partial charge in [-0.25, -0.2) is 0 Å². The largest absolute Gasteiger partial charge is 0.324 e. The van der Waals surface area contributed by atoms with E-state index in [9.17, 15) is 9.59 Å². The lowest BCUT2D eigenvalue weighted by atomic mass is 9.97. The molecule has 2 aromatic rings. The molecule has 0 saturated carbocycles. The Morgan fingerprint density at radius 1 is 1.30 bits per heavy atom. The van der Waals surface area contributed by atoms with Gasteiger partial charge < -0.3 is 10.2 Å². The molecule has 1 saturated heterocycles. The summed E-state index contributed by atoms with van der Waals surface area (Å²) in [5.74, 6) is 0.662. The van der Waals surface area contributed by atoms with Crippen LogP contribution in [0.15, 0.2) is 24.3 Å². The predicted molar refractivity (Wildman–Crippen MR) is 109 cm³/mol. The second kappa shape index (κ2) is 7.76. The Kier molecular flexibility index (Phi) is 5.60. The fraction of sp³-hybridized carbons (Fsp3) is 0.450. The van der Waals surface area contributed by atoms with E-state index in [-0.39, 0.29) is 17.7 Å². The Morgan fingerprint density at radius 2 is 2.04 bits per heavy atom. The van der Waals surface area contributed by atoms with Crippen LogP contribution in [0.4, 0.5) is 5.69 Å². The molecule has 1 fully saturated rings. The van der Waals surface area contributed by atoms with Gasteiger partial charge in [-0.3, -0.25) is 14.3 Å². The molecule has 1 N–H and O–H groups in total. The van der Waals surface area contributed by atoms with E-state index in [1.165, 1.54) is 0 Å². The van der Waals surface area contributed by atoms with Gasteiger partial charge in [-0.05, 0) is 45.4 Å². The molecule has 1 aromatic carbocycles. The van der Waals surface area contributed by atoms with Gasteiger partial charge in [-0.15, -0.1) is 11.8 Å². The number of hydrogen-bond donors (Lipinski definition) is 1. The number of aromatic nitrogens is 2. The van der Waals surface area contributed by atoms with Gasteiger partial charge in [0.05, 0.1) is 17.5 Å². The standard InChI is InChI=1S/C20H26N4O2S/c1-12-7-6-8-16(9-12)21-19(25)17-10-27-11-24(17)20(26)13(2)18-14(3)22-23(5)15(18)4/h6-9,13,17H,10-11H2,1-5H3,(H,21,25). The van der Waals surface area contributed by atoms with Crippen molar-refractivity contribution in [1.82, 2.24) is 14.7 Å². The average molecular weight is 387 g/mol. The maximum Gasteiger partial charge on any atom is 0.248 e. The highest BCUT2D eigenvalue weighted by atomic mass is 32.2. The molecule has 2 atom stereocenters. The number of rotatable bonds is 4. The van der Waals surface area contributed by atoms with Crippen molar-refractivity contribution in [3.05, 3.63) is 46.8 Å². The Morgan fingerprint density at radius 3 is 2.67 bits per heavy atom. The molecule has 144 valence electrons. The summed E-state index contributed by atoms with van der Waals surface area (Å²) in [5, 5.41) is 7.37. The molecule has 27 heavy (non-hydrogen) atoms. The quantitative estimate of drug-likeness (QED) is 0.877. The van der Waals surface area contributed by atoms with Crippen LogP contribution in [0.2, 0.25) is 0 Å². The minimum atomic E-state index is -0.456. The number of anilines is 1. The van der Waals surface area contributed by atoms with Crippen LogP contribution < -0.4 is 5.32 Å². The molecule has 0 spiro atoms. The first kappa shape index (κ1) is 19.5. The summed E-state index contributed by atoms with van der Waals surface area (Å²) in [6, 6.07) is 7.23. The second-order valence-corrected chi connectivity index (χ2v) is 8.11. The smallest absolute Gasteiger partial charge is 0.248 e. The topological polar surface area (TPSA) is 67.2 Å². The Bertz CT molecular complexity index is 877. The van der Waals surface area contributed by atoms with Gasteiger partial charge in [0.1, 0.15) is 6.04 Å². The summed E-state index contributed by atoms with van der Waals surface area (Å²) < 4.78 is 1.80. The van der Waals surface area contributed by atoms with Crippen molar-refractivity contribution < 1.29 is 9.59 Å². The normalized spacial score (nSPS) is 17.8. The van der Waals surface area contributed by atoms with Crippen molar-refractivity contribution in [2.75, 3.05) is 16.9 Å². The molecule has 3 rings (SSSR count). The van der Waals surface area contributed by atoms with Gasteiger partial charge in [-0.1, -0.05) is 12.1 Å². The van der Waals surface area contributed by atoms with Crippen LogP contribution in [0, 0.1) is 20.8 Å². The highest BCUT2D eigenvalue weighted by Crippen LogP contribution is 2.30. The molecule has 1 aliphatic rings. The van der Waals surface area contributed by atoms with Crippen molar-refractivity contribution in [2.45, 2.75) is 39.7 Å². The van der Waals surface area contributed by atoms with Crippen LogP contribution in [0.3, 0.4) is 0 Å². The zero-order chi connectivity index (χ0) is 19.7. The molecule has 0 bridgehead atoms. The molecule has 6 nitrogen and oxygen atoms in total. The molecule has 2 heterocycles. The third-order valence-electron chi connectivity index (χ3n) is 5.12. The monoisotopic (exact) mass is 386 g/mol. The minimum absolute atomic E-state index is 0.0245. The second-order valence-electron chi connectivity index (χ2n) is 7.11. The van der Waals surface area contributed by atoms with Gasteiger partial charge >= 0.3 is 0 Å². The first-order valence-corrected chi connectivity index (χ1v) is 10.2. The number of amides is 2. The zero-order valence-corrected chi connectivity index (χ0v) is 17.3. The minimum Gasteiger partial charge on any atom is -0.324 e. The van der Waals surface area contributed by atoms with E-state index < -0.39 is 6.04 Å². The molecule has 2 amide bonds. The number of thioether (sulfide) groups is 1. The van der Waals surface area contributed by atoms with Crippen LogP contribution >= 0.6 is 11.8 Å². The summed E-state index contributed by atoms with van der Waals surface area (Å²) >= 11 is 1.61. The average Bonchev–Trinajstić information content (AvgIpc) is 3.19. The molecule has 1 aromatic heterocycles. The number of carbonyl (C=O) groups excluding carboxylic acids is 2. The first-order valence-electron chi connectivity index (χ1n) is 9.05. The zero-order valence-electron chi connectivity index (χ0n) is 16.4. The first-order chi connectivity index (χ1) is 12.8. The van der Waals surface area contributed by atoms with Gasteiger partial charge in [-0.2, -0.15) is 5.10 Å². The number of benzene rings is 1. The van der Waals surface area contributed by atoms with Gasteiger partial charge in [0.25, 0.3) is 0 Å². The van der Waals surface area contributed by atoms with E-state index in [1.807, 2.05) is 59.0 Å². The van der Waals surface area contributed by atoms with Gasteiger partial charge in [0.15, 0.2) is 0 Å². The maximum absolute atomic E-state index is 13.2. The van der Waals surface area contributed by atoms with Crippen molar-refractivity contribution in [3.8, 4) is 0 Å². The van der Waals surface area contributed by atoms with E-state index >= 15 is 0 Å². The Labute approximate surface area is 164 Å². The molecule has 7 heteroatoms. The Hall–Kier alpha value is -2.28. The highest BCUT2D eigenvalue weighted by Gasteiger charge is 2.38. The number of carbonyl (C=O) groups is 2. The molecule has 0 aliphatic carbocycles. The Balaban J connectivity index is 1.77. The summed E-state index contributed by atoms with van der Waals surface area (Å²) in [6.45, 7) is 7.78. The van der Waals surface area contributed by atoms with Crippen molar-refractivity contribution in [2.24, 2.45) is 7.05 Å². The number of nitrogens with one attached hydrogen (secondary N) is 1. The van der Waals surface area contributed by atoms with Crippen LogP contribution in [0.25, 0.3) is 0 Å². The lowest BCUT2D eigenvalue weighted by Gasteiger charge is -2.26. The highest BCUT2D eigenvalue weighted by molar-refractivity contribution is 7.99. The lowest BCUT2D eigenvalue weighted by Crippen LogP contribution is -2.46. The van der Waals surface area contributed by atoms with Crippen molar-refractivity contribution in [1.29, 1.82) is 0 Å². The van der Waals surface area contributed by atoms with E-state index in [0.29, 0.717) is 11.6 Å². The van der Waals surface area contributed by atoms with Gasteiger partial charge in [0, 0.05) is 29.7 Å². The number of aryl methyl sites for hydroxylation is 3. The molecule has 1 aliphatic heterocycles. The van der Waals surface area contributed by atoms with Crippen molar-refractivity contribution >= 4 is 29.3 Å². The third-order valence-corrected chi connectivity index (χ3v) is 6.13. The third kappa shape index (κ3) is 3.88. The summed E-state index contributed by atoms with van der Waals surface area (Å²) in [6.07, 6.45) is 0. The van der Waals surface area contributed by atoms with Crippen LogP contribution in [-0.4, -0.2) is 44.2 Å². The SMILES string of the molecule is Cc1cccc(NC(=O)C2CSCN2C(=O)C(C)c2c(C)nn(C)c2C)c1. The molecule has 2 unspecified atom stereocenters. The summed E-state index contributed by atoms with van der Waals surface area (Å²) in [7, 11) is 1.88. The van der Waals surface area contributed by atoms with Gasteiger partial charge in [0.2, 0.25) is 11.8 Å². The molecule has 0 radical (unpaired) electrons. The van der Waals surface area contributed by atoms with E-state index in [4.69, 9.17) is 0 Å². The summed E-state index contributed by atoms with van der Waals surface area (Å²) in [4.78, 5) is 27.7.